The smallest absolute Gasteiger partial charge is 0.231 e. The summed E-state index contributed by atoms with van der Waals surface area (Å²) in [6.07, 6.45) is 0. The highest BCUT2D eigenvalue weighted by atomic mass is 16.7. The summed E-state index contributed by atoms with van der Waals surface area (Å²) in [6.45, 7) is 6.23. The van der Waals surface area contributed by atoms with Gasteiger partial charge in [-0.1, -0.05) is 13.8 Å². The van der Waals surface area contributed by atoms with Gasteiger partial charge in [-0.3, -0.25) is 0 Å². The van der Waals surface area contributed by atoms with Gasteiger partial charge in [-0.05, 0) is 19.1 Å². The lowest BCUT2D eigenvalue weighted by atomic mass is 10.2. The molecule has 0 saturated heterocycles. The zero-order valence-electron chi connectivity index (χ0n) is 12.3. The summed E-state index contributed by atoms with van der Waals surface area (Å²) in [6, 6.07) is 5.67. The molecule has 1 aliphatic heterocycles. The van der Waals surface area contributed by atoms with Gasteiger partial charge in [0.25, 0.3) is 0 Å². The van der Waals surface area contributed by atoms with Crippen LogP contribution in [0.15, 0.2) is 18.2 Å². The molecule has 3 rings (SSSR count). The summed E-state index contributed by atoms with van der Waals surface area (Å²) >= 11 is 0. The van der Waals surface area contributed by atoms with Crippen LogP contribution in [0, 0.1) is 6.92 Å². The van der Waals surface area contributed by atoms with Crippen molar-refractivity contribution < 1.29 is 9.47 Å². The Balaban J connectivity index is 1.94. The molecule has 110 valence electrons. The number of nitrogen functional groups attached to an aromatic ring is 1. The van der Waals surface area contributed by atoms with E-state index in [1.54, 1.807) is 0 Å². The molecular weight excluding hydrogens is 268 g/mol. The number of aromatic nitrogens is 2. The zero-order chi connectivity index (χ0) is 15.0. The molecule has 0 amide bonds. The van der Waals surface area contributed by atoms with Crippen molar-refractivity contribution in [3.8, 4) is 11.5 Å². The van der Waals surface area contributed by atoms with Gasteiger partial charge in [0.2, 0.25) is 6.79 Å². The van der Waals surface area contributed by atoms with Gasteiger partial charge in [-0.15, -0.1) is 0 Å². The van der Waals surface area contributed by atoms with Gasteiger partial charge >= 0.3 is 0 Å². The Kier molecular flexibility index (Phi) is 3.29. The summed E-state index contributed by atoms with van der Waals surface area (Å²) in [5, 5.41) is 3.27. The maximum Gasteiger partial charge on any atom is 0.231 e. The number of fused-ring (bicyclic) bond motifs is 1. The largest absolute Gasteiger partial charge is 0.454 e. The van der Waals surface area contributed by atoms with Crippen LogP contribution in [-0.4, -0.2) is 16.8 Å². The minimum absolute atomic E-state index is 0.213. The molecule has 3 N–H and O–H groups in total. The maximum atomic E-state index is 5.97. The third kappa shape index (κ3) is 2.56. The Hall–Kier alpha value is -2.50. The quantitative estimate of drug-likeness (QED) is 0.902. The molecule has 6 heteroatoms. The lowest BCUT2D eigenvalue weighted by molar-refractivity contribution is 0.174. The van der Waals surface area contributed by atoms with Gasteiger partial charge < -0.3 is 20.5 Å². The lowest BCUT2D eigenvalue weighted by Crippen LogP contribution is -2.08. The van der Waals surface area contributed by atoms with Crippen LogP contribution >= 0.6 is 0 Å². The molecule has 1 aromatic carbocycles. The normalized spacial score (nSPS) is 12.8. The van der Waals surface area contributed by atoms with Crippen molar-refractivity contribution in [2.45, 2.75) is 26.7 Å². The van der Waals surface area contributed by atoms with Crippen LogP contribution in [0.3, 0.4) is 0 Å². The Morgan fingerprint density at radius 2 is 1.95 bits per heavy atom. The molecule has 1 aliphatic rings. The predicted molar refractivity (Wildman–Crippen MR) is 81.1 cm³/mol. The number of nitrogens with two attached hydrogens (primary N) is 1. The van der Waals surface area contributed by atoms with Crippen LogP contribution in [0.25, 0.3) is 0 Å². The first-order valence-corrected chi connectivity index (χ1v) is 6.85. The highest BCUT2D eigenvalue weighted by Gasteiger charge is 2.15. The minimum atomic E-state index is 0.213. The van der Waals surface area contributed by atoms with Crippen molar-refractivity contribution in [1.82, 2.24) is 9.97 Å². The molecule has 0 atom stereocenters. The van der Waals surface area contributed by atoms with E-state index in [-0.39, 0.29) is 12.7 Å². The summed E-state index contributed by atoms with van der Waals surface area (Å²) in [5.74, 6) is 3.62. The molecule has 0 saturated carbocycles. The standard InChI is InChI=1S/C15H18N4O2/c1-8(2)14-18-13(16)9(3)15(19-14)17-10-4-5-11-12(6-10)21-7-20-11/h4-6,8H,7H2,1-3H3,(H3,16,17,18,19). The highest BCUT2D eigenvalue weighted by molar-refractivity contribution is 5.66. The fourth-order valence-corrected chi connectivity index (χ4v) is 2.04. The molecule has 1 aromatic heterocycles. The minimum Gasteiger partial charge on any atom is -0.454 e. The molecular formula is C15H18N4O2. The van der Waals surface area contributed by atoms with E-state index in [1.165, 1.54) is 0 Å². The first kappa shape index (κ1) is 13.5. The first-order chi connectivity index (χ1) is 10.0. The second-order valence-electron chi connectivity index (χ2n) is 5.29. The topological polar surface area (TPSA) is 82.3 Å². The fourth-order valence-electron chi connectivity index (χ4n) is 2.04. The lowest BCUT2D eigenvalue weighted by Gasteiger charge is -2.13. The fraction of sp³-hybridized carbons (Fsp3) is 0.333. The van der Waals surface area contributed by atoms with Crippen molar-refractivity contribution in [3.05, 3.63) is 29.6 Å². The zero-order valence-corrected chi connectivity index (χ0v) is 12.3. The van der Waals surface area contributed by atoms with Crippen molar-refractivity contribution in [3.63, 3.8) is 0 Å². The Bertz CT molecular complexity index is 686. The van der Waals surface area contributed by atoms with Gasteiger partial charge in [0, 0.05) is 23.2 Å². The molecule has 2 aromatic rings. The predicted octanol–water partition coefficient (Wildman–Crippen LogP) is 2.96. The van der Waals surface area contributed by atoms with Gasteiger partial charge in [0.1, 0.15) is 17.5 Å². The number of benzene rings is 1. The van der Waals surface area contributed by atoms with Crippen LogP contribution in [0.2, 0.25) is 0 Å². The average Bonchev–Trinajstić information content (AvgIpc) is 2.91. The summed E-state index contributed by atoms with van der Waals surface area (Å²) in [4.78, 5) is 8.86. The van der Waals surface area contributed by atoms with E-state index in [0.717, 1.165) is 28.6 Å². The highest BCUT2D eigenvalue weighted by Crippen LogP contribution is 2.35. The van der Waals surface area contributed by atoms with Crippen molar-refractivity contribution in [2.24, 2.45) is 0 Å². The van der Waals surface area contributed by atoms with E-state index in [2.05, 4.69) is 15.3 Å². The maximum absolute atomic E-state index is 5.97. The number of hydrogen-bond acceptors (Lipinski definition) is 6. The van der Waals surface area contributed by atoms with Gasteiger partial charge in [0.05, 0.1) is 0 Å². The van der Waals surface area contributed by atoms with Crippen LogP contribution in [0.4, 0.5) is 17.3 Å². The number of rotatable bonds is 3. The summed E-state index contributed by atoms with van der Waals surface area (Å²) in [7, 11) is 0. The van der Waals surface area contributed by atoms with Gasteiger partial charge in [-0.2, -0.15) is 0 Å². The third-order valence-electron chi connectivity index (χ3n) is 3.35. The molecule has 0 fully saturated rings. The van der Waals surface area contributed by atoms with Gasteiger partial charge in [-0.25, -0.2) is 9.97 Å². The summed E-state index contributed by atoms with van der Waals surface area (Å²) < 4.78 is 10.7. The van der Waals surface area contributed by atoms with Crippen LogP contribution in [-0.2, 0) is 0 Å². The second-order valence-corrected chi connectivity index (χ2v) is 5.29. The molecule has 21 heavy (non-hydrogen) atoms. The second kappa shape index (κ2) is 5.12. The Morgan fingerprint density at radius 3 is 2.71 bits per heavy atom. The number of hydrogen-bond donors (Lipinski definition) is 2. The van der Waals surface area contributed by atoms with E-state index in [9.17, 15) is 0 Å². The Labute approximate surface area is 123 Å². The summed E-state index contributed by atoms with van der Waals surface area (Å²) in [5.41, 5.74) is 7.67. The number of ether oxygens (including phenoxy) is 2. The number of nitrogens with one attached hydrogen (secondary N) is 1. The Morgan fingerprint density at radius 1 is 1.19 bits per heavy atom. The monoisotopic (exact) mass is 286 g/mol. The van der Waals surface area contributed by atoms with E-state index in [0.29, 0.717) is 11.6 Å². The first-order valence-electron chi connectivity index (χ1n) is 6.85. The van der Waals surface area contributed by atoms with Crippen molar-refractivity contribution >= 4 is 17.3 Å². The van der Waals surface area contributed by atoms with Crippen LogP contribution in [0.5, 0.6) is 11.5 Å². The van der Waals surface area contributed by atoms with Gasteiger partial charge in [0.15, 0.2) is 11.5 Å². The molecule has 0 bridgehead atoms. The molecule has 0 spiro atoms. The number of anilines is 3. The molecule has 6 nitrogen and oxygen atoms in total. The van der Waals surface area contributed by atoms with E-state index >= 15 is 0 Å². The number of nitrogens with zero attached hydrogens (tertiary/aromatic N) is 2. The molecule has 0 aliphatic carbocycles. The third-order valence-corrected chi connectivity index (χ3v) is 3.35. The van der Waals surface area contributed by atoms with E-state index in [1.807, 2.05) is 39.0 Å². The molecule has 2 heterocycles. The average molecular weight is 286 g/mol. The van der Waals surface area contributed by atoms with Crippen LogP contribution in [0.1, 0.15) is 31.2 Å². The molecule has 0 radical (unpaired) electrons. The van der Waals surface area contributed by atoms with E-state index < -0.39 is 0 Å². The van der Waals surface area contributed by atoms with E-state index in [4.69, 9.17) is 15.2 Å². The molecule has 0 unspecified atom stereocenters. The van der Waals surface area contributed by atoms with Crippen molar-refractivity contribution in [2.75, 3.05) is 17.8 Å². The van der Waals surface area contributed by atoms with Crippen LogP contribution < -0.4 is 20.5 Å². The van der Waals surface area contributed by atoms with Crippen molar-refractivity contribution in [1.29, 1.82) is 0 Å². The SMILES string of the molecule is Cc1c(N)nc(C(C)C)nc1Nc1ccc2c(c1)OCO2.